The van der Waals surface area contributed by atoms with E-state index in [4.69, 9.17) is 4.74 Å². The number of nitrogens with zero attached hydrogens (tertiary/aromatic N) is 1. The van der Waals surface area contributed by atoms with Crippen LogP contribution in [0, 0.1) is 11.8 Å². The van der Waals surface area contributed by atoms with Crippen LogP contribution < -0.4 is 5.32 Å². The summed E-state index contributed by atoms with van der Waals surface area (Å²) in [6.07, 6.45) is 3.59. The van der Waals surface area contributed by atoms with Gasteiger partial charge in [-0.25, -0.2) is 0 Å². The Labute approximate surface area is 116 Å². The zero-order valence-corrected chi connectivity index (χ0v) is 12.7. The van der Waals surface area contributed by atoms with E-state index in [2.05, 4.69) is 24.1 Å². The maximum atomic E-state index is 12.1. The fourth-order valence-electron chi connectivity index (χ4n) is 3.01. The lowest BCUT2D eigenvalue weighted by Crippen LogP contribution is -2.59. The monoisotopic (exact) mass is 268 g/mol. The highest BCUT2D eigenvalue weighted by Gasteiger charge is 2.41. The molecule has 1 heterocycles. The van der Waals surface area contributed by atoms with Gasteiger partial charge >= 0.3 is 5.97 Å². The number of piperidine rings is 1. The molecule has 3 unspecified atom stereocenters. The summed E-state index contributed by atoms with van der Waals surface area (Å²) in [6.45, 7) is 9.54. The van der Waals surface area contributed by atoms with Gasteiger partial charge < -0.3 is 9.64 Å². The van der Waals surface area contributed by atoms with Crippen LogP contribution >= 0.6 is 0 Å². The van der Waals surface area contributed by atoms with Gasteiger partial charge in [0.25, 0.3) is 0 Å². The van der Waals surface area contributed by atoms with Gasteiger partial charge in [-0.3, -0.25) is 10.1 Å². The van der Waals surface area contributed by atoms with E-state index in [1.165, 1.54) is 26.4 Å². The van der Waals surface area contributed by atoms with Gasteiger partial charge in [0.1, 0.15) is 5.54 Å². The first-order chi connectivity index (χ1) is 8.94. The van der Waals surface area contributed by atoms with E-state index in [1.54, 1.807) is 0 Å². The highest BCUT2D eigenvalue weighted by atomic mass is 16.5. The van der Waals surface area contributed by atoms with E-state index in [9.17, 15) is 4.79 Å². The molecule has 2 fully saturated rings. The van der Waals surface area contributed by atoms with Crippen molar-refractivity contribution in [2.75, 3.05) is 26.7 Å². The van der Waals surface area contributed by atoms with Crippen molar-refractivity contribution in [1.29, 1.82) is 0 Å². The van der Waals surface area contributed by atoms with Crippen LogP contribution in [-0.2, 0) is 9.53 Å². The van der Waals surface area contributed by atoms with E-state index < -0.39 is 5.54 Å². The third-order valence-corrected chi connectivity index (χ3v) is 4.69. The molecule has 19 heavy (non-hydrogen) atoms. The molecular formula is C15H28N2O2. The van der Waals surface area contributed by atoms with Gasteiger partial charge in [0.2, 0.25) is 0 Å². The number of hydrogen-bond acceptors (Lipinski definition) is 4. The lowest BCUT2D eigenvalue weighted by atomic mass is 9.87. The van der Waals surface area contributed by atoms with Crippen molar-refractivity contribution in [2.45, 2.75) is 51.6 Å². The van der Waals surface area contributed by atoms with Gasteiger partial charge in [-0.1, -0.05) is 13.8 Å². The number of hydrogen-bond donors (Lipinski definition) is 1. The summed E-state index contributed by atoms with van der Waals surface area (Å²) < 4.78 is 5.01. The van der Waals surface area contributed by atoms with Crippen LogP contribution in [0.15, 0.2) is 0 Å². The van der Waals surface area contributed by atoms with Gasteiger partial charge in [0.15, 0.2) is 0 Å². The molecule has 1 saturated heterocycles. The first-order valence-corrected chi connectivity index (χ1v) is 7.53. The summed E-state index contributed by atoms with van der Waals surface area (Å²) in [5, 5.41) is 3.48. The van der Waals surface area contributed by atoms with Crippen LogP contribution in [0.5, 0.6) is 0 Å². The third-order valence-electron chi connectivity index (χ3n) is 4.69. The Hall–Kier alpha value is -0.610. The van der Waals surface area contributed by atoms with Crippen LogP contribution in [-0.4, -0.2) is 49.2 Å². The van der Waals surface area contributed by atoms with E-state index in [0.717, 1.165) is 25.6 Å². The molecule has 4 nitrogen and oxygen atoms in total. The minimum absolute atomic E-state index is 0.134. The molecule has 110 valence electrons. The fourth-order valence-corrected chi connectivity index (χ4v) is 3.01. The Kier molecular flexibility index (Phi) is 4.51. The molecule has 1 aliphatic heterocycles. The lowest BCUT2D eigenvalue weighted by Gasteiger charge is -2.40. The van der Waals surface area contributed by atoms with Crippen LogP contribution in [0.4, 0.5) is 0 Å². The molecule has 0 amide bonds. The smallest absolute Gasteiger partial charge is 0.327 e. The number of ether oxygens (including phenoxy) is 1. The molecule has 0 bridgehead atoms. The van der Waals surface area contributed by atoms with Crippen molar-refractivity contribution in [3.8, 4) is 0 Å². The molecule has 0 aromatic rings. The number of rotatable bonds is 5. The SMILES string of the molecule is COC(=O)C(C)(CN1CCC(C)C(C)C1)NC1CC1. The van der Waals surface area contributed by atoms with E-state index in [-0.39, 0.29) is 5.97 Å². The summed E-state index contributed by atoms with van der Waals surface area (Å²) in [5.74, 6) is 1.36. The van der Waals surface area contributed by atoms with Crippen LogP contribution in [0.1, 0.15) is 40.0 Å². The summed E-state index contributed by atoms with van der Waals surface area (Å²) in [6, 6.07) is 0.505. The van der Waals surface area contributed by atoms with Crippen molar-refractivity contribution in [2.24, 2.45) is 11.8 Å². The number of nitrogens with one attached hydrogen (secondary N) is 1. The predicted octanol–water partition coefficient (Wildman–Crippen LogP) is 1.65. The second-order valence-electron chi connectivity index (χ2n) is 6.72. The summed E-state index contributed by atoms with van der Waals surface area (Å²) in [5.41, 5.74) is -0.559. The Balaban J connectivity index is 1.97. The van der Waals surface area contributed by atoms with Gasteiger partial charge in [-0.15, -0.1) is 0 Å². The van der Waals surface area contributed by atoms with Crippen LogP contribution in [0.3, 0.4) is 0 Å². The maximum absolute atomic E-state index is 12.1. The van der Waals surface area contributed by atoms with Crippen molar-refractivity contribution in [1.82, 2.24) is 10.2 Å². The molecule has 2 rings (SSSR count). The molecule has 0 aromatic carbocycles. The number of esters is 1. The summed E-state index contributed by atoms with van der Waals surface area (Å²) in [4.78, 5) is 14.5. The first-order valence-electron chi connectivity index (χ1n) is 7.53. The Bertz CT molecular complexity index is 330. The Morgan fingerprint density at radius 1 is 1.32 bits per heavy atom. The molecule has 3 atom stereocenters. The molecule has 1 saturated carbocycles. The number of likely N-dealkylation sites (tertiary alicyclic amines) is 1. The number of carbonyl (C=O) groups is 1. The average molecular weight is 268 g/mol. The number of carbonyl (C=O) groups excluding carboxylic acids is 1. The highest BCUT2D eigenvalue weighted by Crippen LogP contribution is 2.27. The largest absolute Gasteiger partial charge is 0.468 e. The highest BCUT2D eigenvalue weighted by molar-refractivity contribution is 5.80. The summed E-state index contributed by atoms with van der Waals surface area (Å²) >= 11 is 0. The van der Waals surface area contributed by atoms with Crippen molar-refractivity contribution < 1.29 is 9.53 Å². The third kappa shape index (κ3) is 3.69. The Morgan fingerprint density at radius 2 is 2.00 bits per heavy atom. The molecular weight excluding hydrogens is 240 g/mol. The molecule has 1 N–H and O–H groups in total. The van der Waals surface area contributed by atoms with Gasteiger partial charge in [-0.2, -0.15) is 0 Å². The minimum Gasteiger partial charge on any atom is -0.468 e. The van der Waals surface area contributed by atoms with Crippen molar-refractivity contribution >= 4 is 5.97 Å². The zero-order chi connectivity index (χ0) is 14.0. The first kappa shape index (κ1) is 14.8. The lowest BCUT2D eigenvalue weighted by molar-refractivity contribution is -0.149. The molecule has 0 spiro atoms. The maximum Gasteiger partial charge on any atom is 0.327 e. The van der Waals surface area contributed by atoms with Crippen LogP contribution in [0.25, 0.3) is 0 Å². The van der Waals surface area contributed by atoms with Gasteiger partial charge in [0, 0.05) is 19.1 Å². The van der Waals surface area contributed by atoms with Crippen LogP contribution in [0.2, 0.25) is 0 Å². The molecule has 1 aliphatic carbocycles. The topological polar surface area (TPSA) is 41.6 Å². The molecule has 4 heteroatoms. The molecule has 0 radical (unpaired) electrons. The second kappa shape index (κ2) is 5.80. The summed E-state index contributed by atoms with van der Waals surface area (Å²) in [7, 11) is 1.48. The number of methoxy groups -OCH3 is 1. The molecule has 2 aliphatic rings. The standard InChI is InChI=1S/C15H28N2O2/c1-11-7-8-17(9-12(11)2)10-15(3,14(18)19-4)16-13-5-6-13/h11-13,16H,5-10H2,1-4H3. The van der Waals surface area contributed by atoms with E-state index >= 15 is 0 Å². The van der Waals surface area contributed by atoms with Crippen molar-refractivity contribution in [3.63, 3.8) is 0 Å². The van der Waals surface area contributed by atoms with Gasteiger partial charge in [0.05, 0.1) is 7.11 Å². The van der Waals surface area contributed by atoms with E-state index in [0.29, 0.717) is 12.0 Å². The van der Waals surface area contributed by atoms with Gasteiger partial charge in [-0.05, 0) is 44.6 Å². The quantitative estimate of drug-likeness (QED) is 0.770. The molecule has 0 aromatic heterocycles. The predicted molar refractivity (Wildman–Crippen MR) is 76.0 cm³/mol. The zero-order valence-electron chi connectivity index (χ0n) is 12.7. The van der Waals surface area contributed by atoms with Crippen molar-refractivity contribution in [3.05, 3.63) is 0 Å². The van der Waals surface area contributed by atoms with E-state index in [1.807, 2.05) is 6.92 Å². The second-order valence-corrected chi connectivity index (χ2v) is 6.72. The fraction of sp³-hybridized carbons (Fsp3) is 0.933. The average Bonchev–Trinajstić information content (AvgIpc) is 3.16. The Morgan fingerprint density at radius 3 is 2.53 bits per heavy atom. The normalized spacial score (nSPS) is 31.8. The minimum atomic E-state index is -0.559.